The SMILES string of the molecule is C=C(Br)CNC(=O)[C@@H]1CCCC[C@@H]1C(=O)N1CCCC1. The molecular weight excluding hydrogens is 320 g/mol. The molecule has 0 unspecified atom stereocenters. The summed E-state index contributed by atoms with van der Waals surface area (Å²) in [5, 5.41) is 2.87. The third-order valence-electron chi connectivity index (χ3n) is 4.29. The van der Waals surface area contributed by atoms with Crippen LogP contribution in [0.15, 0.2) is 11.1 Å². The number of carbonyl (C=O) groups excluding carboxylic acids is 2. The summed E-state index contributed by atoms with van der Waals surface area (Å²) in [6.07, 6.45) is 5.96. The highest BCUT2D eigenvalue weighted by molar-refractivity contribution is 9.11. The van der Waals surface area contributed by atoms with Gasteiger partial charge in [0, 0.05) is 36.0 Å². The molecule has 1 aliphatic heterocycles. The Morgan fingerprint density at radius 2 is 1.70 bits per heavy atom. The lowest BCUT2D eigenvalue weighted by Gasteiger charge is -2.32. The lowest BCUT2D eigenvalue weighted by atomic mass is 9.78. The molecule has 2 aliphatic rings. The second-order valence-corrected chi connectivity index (χ2v) is 6.89. The molecule has 2 fully saturated rings. The summed E-state index contributed by atoms with van der Waals surface area (Å²) >= 11 is 3.24. The predicted molar refractivity (Wildman–Crippen MR) is 82.3 cm³/mol. The van der Waals surface area contributed by atoms with E-state index in [0.29, 0.717) is 6.54 Å². The van der Waals surface area contributed by atoms with Gasteiger partial charge in [-0.15, -0.1) is 0 Å². The Hall–Kier alpha value is -0.840. The van der Waals surface area contributed by atoms with Crippen molar-refractivity contribution in [2.45, 2.75) is 38.5 Å². The molecule has 1 saturated carbocycles. The van der Waals surface area contributed by atoms with Crippen molar-refractivity contribution in [1.82, 2.24) is 10.2 Å². The van der Waals surface area contributed by atoms with E-state index in [9.17, 15) is 9.59 Å². The maximum absolute atomic E-state index is 12.6. The Morgan fingerprint density at radius 3 is 2.30 bits per heavy atom. The molecule has 0 aromatic heterocycles. The van der Waals surface area contributed by atoms with Gasteiger partial charge in [-0.25, -0.2) is 0 Å². The van der Waals surface area contributed by atoms with Crippen molar-refractivity contribution in [1.29, 1.82) is 0 Å². The summed E-state index contributed by atoms with van der Waals surface area (Å²) in [5.41, 5.74) is 0. The third-order valence-corrected chi connectivity index (χ3v) is 4.57. The Morgan fingerprint density at radius 1 is 1.10 bits per heavy atom. The molecule has 1 N–H and O–H groups in total. The first-order valence-corrected chi connectivity index (χ1v) is 8.28. The van der Waals surface area contributed by atoms with E-state index in [2.05, 4.69) is 27.8 Å². The largest absolute Gasteiger partial charge is 0.351 e. The first-order chi connectivity index (χ1) is 9.59. The molecule has 112 valence electrons. The van der Waals surface area contributed by atoms with Crippen molar-refractivity contribution >= 4 is 27.7 Å². The molecule has 20 heavy (non-hydrogen) atoms. The van der Waals surface area contributed by atoms with Crippen LogP contribution >= 0.6 is 15.9 Å². The molecule has 0 aromatic carbocycles. The van der Waals surface area contributed by atoms with Gasteiger partial charge in [0.25, 0.3) is 0 Å². The van der Waals surface area contributed by atoms with Gasteiger partial charge in [-0.2, -0.15) is 0 Å². The first kappa shape index (κ1) is 15.5. The van der Waals surface area contributed by atoms with Crippen LogP contribution in [0.4, 0.5) is 0 Å². The van der Waals surface area contributed by atoms with Gasteiger partial charge in [0.1, 0.15) is 0 Å². The molecule has 0 bridgehead atoms. The van der Waals surface area contributed by atoms with Crippen LogP contribution in [0.5, 0.6) is 0 Å². The summed E-state index contributed by atoms with van der Waals surface area (Å²) in [6, 6.07) is 0. The third kappa shape index (κ3) is 3.84. The minimum absolute atomic E-state index is 0.00264. The smallest absolute Gasteiger partial charge is 0.226 e. The molecule has 2 atom stereocenters. The average Bonchev–Trinajstić information content (AvgIpc) is 2.98. The lowest BCUT2D eigenvalue weighted by Crippen LogP contribution is -2.44. The van der Waals surface area contributed by atoms with E-state index in [1.807, 2.05) is 4.90 Å². The minimum Gasteiger partial charge on any atom is -0.351 e. The summed E-state index contributed by atoms with van der Waals surface area (Å²) in [7, 11) is 0. The standard InChI is InChI=1S/C15H23BrN2O2/c1-11(16)10-17-14(19)12-6-2-3-7-13(12)15(20)18-8-4-5-9-18/h12-13H,1-10H2,(H,17,19)/t12-,13+/m1/s1. The van der Waals surface area contributed by atoms with E-state index in [4.69, 9.17) is 0 Å². The number of likely N-dealkylation sites (tertiary alicyclic amines) is 1. The highest BCUT2D eigenvalue weighted by atomic mass is 79.9. The van der Waals surface area contributed by atoms with E-state index < -0.39 is 0 Å². The molecule has 5 heteroatoms. The molecule has 0 radical (unpaired) electrons. The Balaban J connectivity index is 1.98. The molecule has 2 amide bonds. The van der Waals surface area contributed by atoms with E-state index in [0.717, 1.165) is 56.1 Å². The highest BCUT2D eigenvalue weighted by Gasteiger charge is 2.38. The average molecular weight is 343 g/mol. The van der Waals surface area contributed by atoms with Crippen LogP contribution in [-0.2, 0) is 9.59 Å². The molecule has 1 aliphatic carbocycles. The molecular formula is C15H23BrN2O2. The van der Waals surface area contributed by atoms with Crippen molar-refractivity contribution in [2.75, 3.05) is 19.6 Å². The number of amides is 2. The number of nitrogens with zero attached hydrogens (tertiary/aromatic N) is 1. The normalized spacial score (nSPS) is 26.4. The van der Waals surface area contributed by atoms with Crippen LogP contribution in [-0.4, -0.2) is 36.3 Å². The van der Waals surface area contributed by atoms with Gasteiger partial charge in [0.2, 0.25) is 11.8 Å². The second kappa shape index (κ2) is 7.25. The predicted octanol–water partition coefficient (Wildman–Crippen LogP) is 2.44. The number of halogens is 1. The molecule has 1 heterocycles. The van der Waals surface area contributed by atoms with E-state index >= 15 is 0 Å². The summed E-state index contributed by atoms with van der Waals surface area (Å²) in [6.45, 7) is 5.87. The van der Waals surface area contributed by atoms with Crippen LogP contribution in [0.2, 0.25) is 0 Å². The summed E-state index contributed by atoms with van der Waals surface area (Å²) in [4.78, 5) is 26.8. The van der Waals surface area contributed by atoms with Crippen LogP contribution in [0.3, 0.4) is 0 Å². The summed E-state index contributed by atoms with van der Waals surface area (Å²) in [5.74, 6) is -0.0861. The topological polar surface area (TPSA) is 49.4 Å². The molecule has 0 spiro atoms. The lowest BCUT2D eigenvalue weighted by molar-refractivity contribution is -0.142. The van der Waals surface area contributed by atoms with Crippen LogP contribution in [0, 0.1) is 11.8 Å². The fraction of sp³-hybridized carbons (Fsp3) is 0.733. The molecule has 4 nitrogen and oxygen atoms in total. The number of nitrogens with one attached hydrogen (secondary N) is 1. The Kier molecular flexibility index (Phi) is 5.64. The van der Waals surface area contributed by atoms with E-state index in [1.54, 1.807) is 0 Å². The van der Waals surface area contributed by atoms with Gasteiger partial charge in [-0.1, -0.05) is 35.4 Å². The van der Waals surface area contributed by atoms with Crippen molar-refractivity contribution in [3.05, 3.63) is 11.1 Å². The van der Waals surface area contributed by atoms with Gasteiger partial charge in [0.15, 0.2) is 0 Å². The first-order valence-electron chi connectivity index (χ1n) is 7.49. The number of hydrogen-bond donors (Lipinski definition) is 1. The van der Waals surface area contributed by atoms with E-state index in [1.165, 1.54) is 0 Å². The minimum atomic E-state index is -0.163. The zero-order chi connectivity index (χ0) is 14.5. The second-order valence-electron chi connectivity index (χ2n) is 5.76. The number of carbonyl (C=O) groups is 2. The maximum Gasteiger partial charge on any atom is 0.226 e. The van der Waals surface area contributed by atoms with Crippen molar-refractivity contribution < 1.29 is 9.59 Å². The van der Waals surface area contributed by atoms with Gasteiger partial charge in [-0.3, -0.25) is 9.59 Å². The molecule has 1 saturated heterocycles. The zero-order valence-corrected chi connectivity index (χ0v) is 13.5. The van der Waals surface area contributed by atoms with Crippen LogP contribution in [0.25, 0.3) is 0 Å². The van der Waals surface area contributed by atoms with Crippen molar-refractivity contribution in [3.63, 3.8) is 0 Å². The van der Waals surface area contributed by atoms with Gasteiger partial charge >= 0.3 is 0 Å². The fourth-order valence-electron chi connectivity index (χ4n) is 3.23. The van der Waals surface area contributed by atoms with Gasteiger partial charge in [0.05, 0.1) is 0 Å². The quantitative estimate of drug-likeness (QED) is 0.852. The Labute approximate surface area is 129 Å². The maximum atomic E-state index is 12.6. The number of rotatable bonds is 4. The van der Waals surface area contributed by atoms with Crippen LogP contribution < -0.4 is 5.32 Å². The van der Waals surface area contributed by atoms with Gasteiger partial charge < -0.3 is 10.2 Å². The highest BCUT2D eigenvalue weighted by Crippen LogP contribution is 2.32. The van der Waals surface area contributed by atoms with Crippen molar-refractivity contribution in [2.24, 2.45) is 11.8 Å². The molecule has 2 rings (SSSR count). The van der Waals surface area contributed by atoms with Crippen LogP contribution in [0.1, 0.15) is 38.5 Å². The Bertz CT molecular complexity index is 391. The summed E-state index contributed by atoms with van der Waals surface area (Å²) < 4.78 is 0.754. The monoisotopic (exact) mass is 342 g/mol. The molecule has 0 aromatic rings. The fourth-order valence-corrected chi connectivity index (χ4v) is 3.37. The van der Waals surface area contributed by atoms with Gasteiger partial charge in [-0.05, 0) is 25.7 Å². The zero-order valence-electron chi connectivity index (χ0n) is 11.9. The van der Waals surface area contributed by atoms with Crippen molar-refractivity contribution in [3.8, 4) is 0 Å². The number of hydrogen-bond acceptors (Lipinski definition) is 2. The van der Waals surface area contributed by atoms with E-state index in [-0.39, 0.29) is 23.7 Å².